The molecule has 126 valence electrons. The molecule has 1 heterocycles. The van der Waals surface area contributed by atoms with Crippen molar-refractivity contribution < 1.29 is 22.1 Å². The first-order valence-electron chi connectivity index (χ1n) is 7.23. The molecule has 1 saturated heterocycles. The van der Waals surface area contributed by atoms with Crippen molar-refractivity contribution in [3.8, 4) is 11.5 Å². The highest BCUT2D eigenvalue weighted by Gasteiger charge is 2.21. The lowest BCUT2D eigenvalue weighted by Gasteiger charge is -2.14. The fourth-order valence-corrected chi connectivity index (χ4v) is 3.25. The zero-order valence-electron chi connectivity index (χ0n) is 12.9. The van der Waals surface area contributed by atoms with Crippen LogP contribution in [0.25, 0.3) is 0 Å². The van der Waals surface area contributed by atoms with Gasteiger partial charge in [0.1, 0.15) is 16.4 Å². The van der Waals surface area contributed by atoms with Crippen molar-refractivity contribution >= 4 is 21.8 Å². The molecular formula is C16H16N2O5S. The van der Waals surface area contributed by atoms with Crippen LogP contribution in [0.15, 0.2) is 53.4 Å². The summed E-state index contributed by atoms with van der Waals surface area (Å²) in [4.78, 5) is 13.2. The van der Waals surface area contributed by atoms with Crippen LogP contribution in [0.4, 0.5) is 10.5 Å². The van der Waals surface area contributed by atoms with Crippen LogP contribution in [0.5, 0.6) is 11.5 Å². The smallest absolute Gasteiger partial charge is 0.339 e. The van der Waals surface area contributed by atoms with Gasteiger partial charge in [0, 0.05) is 18.8 Å². The average molecular weight is 348 g/mol. The first kappa shape index (κ1) is 16.1. The molecule has 0 bridgehead atoms. The predicted molar refractivity (Wildman–Crippen MR) is 88.0 cm³/mol. The van der Waals surface area contributed by atoms with Crippen LogP contribution in [-0.4, -0.2) is 34.6 Å². The van der Waals surface area contributed by atoms with E-state index in [2.05, 4.69) is 5.32 Å². The Kier molecular flexibility index (Phi) is 4.30. The van der Waals surface area contributed by atoms with Gasteiger partial charge in [0.05, 0.1) is 7.11 Å². The molecule has 1 aliphatic rings. The van der Waals surface area contributed by atoms with Gasteiger partial charge in [0.2, 0.25) is 0 Å². The summed E-state index contributed by atoms with van der Waals surface area (Å²) in [7, 11) is -2.43. The Hall–Kier alpha value is -2.74. The maximum Gasteiger partial charge on any atom is 0.339 e. The minimum Gasteiger partial charge on any atom is -0.497 e. The van der Waals surface area contributed by atoms with E-state index in [0.717, 1.165) is 0 Å². The van der Waals surface area contributed by atoms with Crippen LogP contribution in [0, 0.1) is 0 Å². The van der Waals surface area contributed by atoms with E-state index in [1.165, 1.54) is 31.4 Å². The Morgan fingerprint density at radius 2 is 1.62 bits per heavy atom. The second-order valence-corrected chi connectivity index (χ2v) is 6.64. The number of nitrogens with zero attached hydrogens (tertiary/aromatic N) is 1. The van der Waals surface area contributed by atoms with Crippen LogP contribution in [0.1, 0.15) is 0 Å². The standard InChI is InChI=1S/C16H16N2O5S/c1-22-13-6-8-15(9-7-13)24(20,21)23-14-4-2-12(3-5-14)18-11-10-17-16(18)19/h2-9H,10-11H2,1H3,(H,17,19). The maximum atomic E-state index is 12.3. The summed E-state index contributed by atoms with van der Waals surface area (Å²) in [5.41, 5.74) is 0.680. The molecule has 0 unspecified atom stereocenters. The zero-order valence-corrected chi connectivity index (χ0v) is 13.7. The van der Waals surface area contributed by atoms with E-state index in [9.17, 15) is 13.2 Å². The number of carbonyl (C=O) groups excluding carboxylic acids is 1. The van der Waals surface area contributed by atoms with Gasteiger partial charge in [-0.05, 0) is 48.5 Å². The second kappa shape index (κ2) is 6.40. The number of ether oxygens (including phenoxy) is 1. The quantitative estimate of drug-likeness (QED) is 0.836. The van der Waals surface area contributed by atoms with Crippen molar-refractivity contribution in [2.24, 2.45) is 0 Å². The van der Waals surface area contributed by atoms with Crippen molar-refractivity contribution in [2.45, 2.75) is 4.90 Å². The molecule has 0 atom stereocenters. The number of anilines is 1. The molecule has 0 aliphatic carbocycles. The summed E-state index contributed by atoms with van der Waals surface area (Å²) in [5, 5.41) is 2.70. The number of benzene rings is 2. The Balaban J connectivity index is 1.75. The van der Waals surface area contributed by atoms with Crippen molar-refractivity contribution in [1.29, 1.82) is 0 Å². The average Bonchev–Trinajstić information content (AvgIpc) is 3.01. The molecule has 3 rings (SSSR count). The SMILES string of the molecule is COc1ccc(S(=O)(=O)Oc2ccc(N3CCNC3=O)cc2)cc1. The van der Waals surface area contributed by atoms with E-state index >= 15 is 0 Å². The maximum absolute atomic E-state index is 12.3. The van der Waals surface area contributed by atoms with Crippen LogP contribution in [-0.2, 0) is 10.1 Å². The number of amides is 2. The lowest BCUT2D eigenvalue weighted by molar-refractivity contribution is 0.252. The van der Waals surface area contributed by atoms with Crippen molar-refractivity contribution in [3.05, 3.63) is 48.5 Å². The lowest BCUT2D eigenvalue weighted by atomic mass is 10.3. The van der Waals surface area contributed by atoms with E-state index in [1.807, 2.05) is 0 Å². The van der Waals surface area contributed by atoms with E-state index in [0.29, 0.717) is 24.5 Å². The van der Waals surface area contributed by atoms with Crippen LogP contribution >= 0.6 is 0 Å². The number of urea groups is 1. The molecule has 2 aromatic rings. The molecule has 1 N–H and O–H groups in total. The summed E-state index contributed by atoms with van der Waals surface area (Å²) in [5.74, 6) is 0.733. The minimum absolute atomic E-state index is 0.0336. The molecule has 0 radical (unpaired) electrons. The van der Waals surface area contributed by atoms with Crippen LogP contribution in [0.3, 0.4) is 0 Å². The normalized spacial score (nSPS) is 14.4. The summed E-state index contributed by atoms with van der Waals surface area (Å²) in [6.07, 6.45) is 0. The number of rotatable bonds is 5. The van der Waals surface area contributed by atoms with Gasteiger partial charge in [0.15, 0.2) is 0 Å². The number of hydrogen-bond acceptors (Lipinski definition) is 5. The molecule has 8 heteroatoms. The number of carbonyl (C=O) groups is 1. The summed E-state index contributed by atoms with van der Waals surface area (Å²) < 4.78 is 34.6. The molecular weight excluding hydrogens is 332 g/mol. The van der Waals surface area contributed by atoms with Crippen LogP contribution < -0.4 is 19.1 Å². The first-order valence-corrected chi connectivity index (χ1v) is 8.64. The molecule has 24 heavy (non-hydrogen) atoms. The molecule has 0 spiro atoms. The van der Waals surface area contributed by atoms with Crippen molar-refractivity contribution in [3.63, 3.8) is 0 Å². The van der Waals surface area contributed by atoms with Gasteiger partial charge in [-0.2, -0.15) is 8.42 Å². The number of hydrogen-bond donors (Lipinski definition) is 1. The van der Waals surface area contributed by atoms with Gasteiger partial charge < -0.3 is 14.2 Å². The van der Waals surface area contributed by atoms with E-state index in [1.54, 1.807) is 29.2 Å². The Bertz CT molecular complexity index is 832. The number of methoxy groups -OCH3 is 1. The number of nitrogens with one attached hydrogen (secondary N) is 1. The van der Waals surface area contributed by atoms with Crippen LogP contribution in [0.2, 0.25) is 0 Å². The lowest BCUT2D eigenvalue weighted by Crippen LogP contribution is -2.27. The molecule has 0 aromatic heterocycles. The monoisotopic (exact) mass is 348 g/mol. The van der Waals surface area contributed by atoms with E-state index in [4.69, 9.17) is 8.92 Å². The third-order valence-electron chi connectivity index (χ3n) is 3.56. The molecule has 0 saturated carbocycles. The largest absolute Gasteiger partial charge is 0.497 e. The van der Waals surface area contributed by atoms with Crippen molar-refractivity contribution in [2.75, 3.05) is 25.1 Å². The Morgan fingerprint density at radius 1 is 1.00 bits per heavy atom. The Labute approximate surface area is 139 Å². The van der Waals surface area contributed by atoms with Gasteiger partial charge in [0.25, 0.3) is 0 Å². The van der Waals surface area contributed by atoms with Gasteiger partial charge in [-0.3, -0.25) is 4.90 Å². The zero-order chi connectivity index (χ0) is 17.2. The predicted octanol–water partition coefficient (Wildman–Crippen LogP) is 1.99. The van der Waals surface area contributed by atoms with Gasteiger partial charge in [-0.1, -0.05) is 0 Å². The molecule has 1 aliphatic heterocycles. The third-order valence-corrected chi connectivity index (χ3v) is 4.82. The topological polar surface area (TPSA) is 84.9 Å². The third kappa shape index (κ3) is 3.28. The fraction of sp³-hybridized carbons (Fsp3) is 0.188. The summed E-state index contributed by atoms with van der Waals surface area (Å²) in [6.45, 7) is 1.16. The molecule has 2 amide bonds. The van der Waals surface area contributed by atoms with Gasteiger partial charge >= 0.3 is 16.1 Å². The van der Waals surface area contributed by atoms with Gasteiger partial charge in [-0.25, -0.2) is 4.79 Å². The highest BCUT2D eigenvalue weighted by molar-refractivity contribution is 7.87. The Morgan fingerprint density at radius 3 is 2.17 bits per heavy atom. The van der Waals surface area contributed by atoms with E-state index < -0.39 is 10.1 Å². The summed E-state index contributed by atoms with van der Waals surface area (Å²) >= 11 is 0. The minimum atomic E-state index is -3.93. The van der Waals surface area contributed by atoms with E-state index in [-0.39, 0.29) is 16.7 Å². The second-order valence-electron chi connectivity index (χ2n) is 5.09. The first-order chi connectivity index (χ1) is 11.5. The van der Waals surface area contributed by atoms with Crippen molar-refractivity contribution in [1.82, 2.24) is 5.32 Å². The van der Waals surface area contributed by atoms with Gasteiger partial charge in [-0.15, -0.1) is 0 Å². The molecule has 2 aromatic carbocycles. The summed E-state index contributed by atoms with van der Waals surface area (Å²) in [6, 6.07) is 12.1. The molecule has 7 nitrogen and oxygen atoms in total. The fourth-order valence-electron chi connectivity index (χ4n) is 2.32. The highest BCUT2D eigenvalue weighted by atomic mass is 32.2. The highest BCUT2D eigenvalue weighted by Crippen LogP contribution is 2.24. The molecule has 1 fully saturated rings.